The van der Waals surface area contributed by atoms with E-state index in [0.29, 0.717) is 0 Å². The van der Waals surface area contributed by atoms with E-state index in [1.54, 1.807) is 0 Å². The van der Waals surface area contributed by atoms with Gasteiger partial charge in [-0.15, -0.1) is 0 Å². The first kappa shape index (κ1) is 21.5. The van der Waals surface area contributed by atoms with Gasteiger partial charge in [-0.1, -0.05) is 29.0 Å². The summed E-state index contributed by atoms with van der Waals surface area (Å²) >= 11 is 1.53. The highest BCUT2D eigenvalue weighted by Crippen LogP contribution is 2.30. The molecule has 3 aromatic heterocycles. The second kappa shape index (κ2) is 9.25. The smallest absolute Gasteiger partial charge is 0.190 e. The van der Waals surface area contributed by atoms with Gasteiger partial charge >= 0.3 is 0 Å². The van der Waals surface area contributed by atoms with Gasteiger partial charge in [-0.25, -0.2) is 15.0 Å². The quantitative estimate of drug-likeness (QED) is 0.397. The van der Waals surface area contributed by atoms with E-state index in [4.69, 9.17) is 15.4 Å². The van der Waals surface area contributed by atoms with Gasteiger partial charge in [0.25, 0.3) is 0 Å². The summed E-state index contributed by atoms with van der Waals surface area (Å²) in [5.41, 5.74) is 5.28. The Kier molecular flexibility index (Phi) is 6.02. The van der Waals surface area contributed by atoms with Gasteiger partial charge < -0.3 is 15.6 Å². The van der Waals surface area contributed by atoms with E-state index in [0.717, 1.165) is 71.0 Å². The second-order valence-corrected chi connectivity index (χ2v) is 9.44. The van der Waals surface area contributed by atoms with E-state index < -0.39 is 0 Å². The summed E-state index contributed by atoms with van der Waals surface area (Å²) in [4.78, 5) is 19.4. The molecule has 4 aromatic rings. The molecular formula is C25H27N7S. The number of anilines is 4. The fourth-order valence-electron chi connectivity index (χ4n) is 3.94. The number of nitrogens with one attached hydrogen (secondary N) is 2. The summed E-state index contributed by atoms with van der Waals surface area (Å²) in [6.07, 6.45) is 3.58. The summed E-state index contributed by atoms with van der Waals surface area (Å²) in [6.45, 7) is 4.87. The summed E-state index contributed by atoms with van der Waals surface area (Å²) in [5.74, 6) is 1.67. The number of hydrogen-bond acceptors (Lipinski definition) is 8. The first-order valence-electron chi connectivity index (χ1n) is 11.1. The molecule has 0 bridgehead atoms. The fraction of sp³-hybridized carbons (Fsp3) is 0.280. The molecule has 1 aliphatic rings. The Labute approximate surface area is 197 Å². The number of aromatic nitrogens is 3. The monoisotopic (exact) mass is 457 g/mol. The number of rotatable bonds is 6. The molecule has 1 aromatic carbocycles. The van der Waals surface area contributed by atoms with Gasteiger partial charge in [-0.2, -0.15) is 0 Å². The van der Waals surface area contributed by atoms with Crippen LogP contribution in [0.5, 0.6) is 0 Å². The molecule has 0 aliphatic carbocycles. The molecule has 4 heterocycles. The third-order valence-electron chi connectivity index (χ3n) is 5.93. The molecule has 5 rings (SSSR count). The van der Waals surface area contributed by atoms with Crippen molar-refractivity contribution < 1.29 is 0 Å². The van der Waals surface area contributed by atoms with Gasteiger partial charge in [0.05, 0.1) is 0 Å². The number of piperidine rings is 1. The molecule has 8 heteroatoms. The lowest BCUT2D eigenvalue weighted by Crippen LogP contribution is -2.33. The molecule has 168 valence electrons. The van der Waals surface area contributed by atoms with Crippen molar-refractivity contribution in [2.75, 3.05) is 30.4 Å². The van der Waals surface area contributed by atoms with E-state index in [2.05, 4.69) is 63.4 Å². The maximum atomic E-state index is 7.79. The van der Waals surface area contributed by atoms with E-state index in [-0.39, 0.29) is 0 Å². The molecule has 2 N–H and O–H groups in total. The molecule has 1 saturated heterocycles. The van der Waals surface area contributed by atoms with Crippen molar-refractivity contribution in [1.29, 1.82) is 5.41 Å². The van der Waals surface area contributed by atoms with Crippen LogP contribution in [0.15, 0.2) is 54.7 Å². The third-order valence-corrected chi connectivity index (χ3v) is 6.81. The molecular weight excluding hydrogens is 430 g/mol. The van der Waals surface area contributed by atoms with Crippen molar-refractivity contribution in [3.8, 4) is 0 Å². The maximum absolute atomic E-state index is 7.79. The van der Waals surface area contributed by atoms with Crippen LogP contribution in [0.4, 0.5) is 22.5 Å². The summed E-state index contributed by atoms with van der Waals surface area (Å²) in [7, 11) is 2.03. The van der Waals surface area contributed by atoms with Crippen LogP contribution in [0.1, 0.15) is 24.0 Å². The molecule has 0 atom stereocenters. The van der Waals surface area contributed by atoms with Crippen LogP contribution in [-0.2, 0) is 6.54 Å². The standard InChI is InChI=1S/C25H27N7S/c1-17-3-5-20(6-4-17)31(2)23-8-7-21-24(30-23)33-25(28-21)29-22-15-18(9-12-27-22)16-32-13-10-19(26)11-14-32/h3-9,12,15,26H,10-11,13-14,16H2,1-2H3,(H,27,28,29). The van der Waals surface area contributed by atoms with Crippen molar-refractivity contribution in [3.05, 3.63) is 65.9 Å². The number of aryl methyl sites for hydroxylation is 1. The Morgan fingerprint density at radius 2 is 1.85 bits per heavy atom. The summed E-state index contributed by atoms with van der Waals surface area (Å²) in [6, 6.07) is 16.6. The number of pyridine rings is 2. The minimum absolute atomic E-state index is 0.781. The second-order valence-electron chi connectivity index (χ2n) is 8.46. The lowest BCUT2D eigenvalue weighted by molar-refractivity contribution is 0.266. The lowest BCUT2D eigenvalue weighted by atomic mass is 10.1. The van der Waals surface area contributed by atoms with Crippen LogP contribution >= 0.6 is 11.3 Å². The number of likely N-dealkylation sites (tertiary alicyclic amines) is 1. The highest BCUT2D eigenvalue weighted by atomic mass is 32.1. The van der Waals surface area contributed by atoms with Crippen molar-refractivity contribution in [1.82, 2.24) is 19.9 Å². The van der Waals surface area contributed by atoms with Crippen LogP contribution in [-0.4, -0.2) is 45.7 Å². The zero-order chi connectivity index (χ0) is 22.8. The zero-order valence-corrected chi connectivity index (χ0v) is 19.7. The predicted octanol–water partition coefficient (Wildman–Crippen LogP) is 5.52. The van der Waals surface area contributed by atoms with Gasteiger partial charge in [-0.3, -0.25) is 4.90 Å². The number of fused-ring (bicyclic) bond motifs is 1. The molecule has 0 unspecified atom stereocenters. The average Bonchev–Trinajstić information content (AvgIpc) is 3.22. The molecule has 7 nitrogen and oxygen atoms in total. The van der Waals surface area contributed by atoms with Gasteiger partial charge in [-0.05, 0) is 61.7 Å². The van der Waals surface area contributed by atoms with Crippen molar-refractivity contribution in [2.24, 2.45) is 0 Å². The number of nitrogens with zero attached hydrogens (tertiary/aromatic N) is 5. The average molecular weight is 458 g/mol. The van der Waals surface area contributed by atoms with Crippen LogP contribution in [0.25, 0.3) is 10.3 Å². The number of benzene rings is 1. The molecule has 1 fully saturated rings. The Morgan fingerprint density at radius 3 is 2.64 bits per heavy atom. The topological polar surface area (TPSA) is 81.0 Å². The Bertz CT molecular complexity index is 1270. The summed E-state index contributed by atoms with van der Waals surface area (Å²) < 4.78 is 0. The van der Waals surface area contributed by atoms with Gasteiger partial charge in [0.1, 0.15) is 22.0 Å². The van der Waals surface area contributed by atoms with E-state index in [1.165, 1.54) is 22.5 Å². The van der Waals surface area contributed by atoms with Crippen LogP contribution in [0.2, 0.25) is 0 Å². The third kappa shape index (κ3) is 5.02. The van der Waals surface area contributed by atoms with Crippen LogP contribution < -0.4 is 10.2 Å². The van der Waals surface area contributed by atoms with E-state index >= 15 is 0 Å². The number of thiazole rings is 1. The van der Waals surface area contributed by atoms with E-state index in [9.17, 15) is 0 Å². The molecule has 0 saturated carbocycles. The SMILES string of the molecule is Cc1ccc(N(C)c2ccc3nc(Nc4cc(CN5CCC(=N)CC5)ccn4)sc3n2)cc1. The summed E-state index contributed by atoms with van der Waals surface area (Å²) in [5, 5.41) is 11.9. The van der Waals surface area contributed by atoms with Crippen molar-refractivity contribution in [3.63, 3.8) is 0 Å². The Hall–Kier alpha value is -3.36. The predicted molar refractivity (Wildman–Crippen MR) is 136 cm³/mol. The Morgan fingerprint density at radius 1 is 1.06 bits per heavy atom. The molecule has 33 heavy (non-hydrogen) atoms. The van der Waals surface area contributed by atoms with Crippen LogP contribution in [0.3, 0.4) is 0 Å². The van der Waals surface area contributed by atoms with Crippen LogP contribution in [0, 0.1) is 12.3 Å². The first-order valence-corrected chi connectivity index (χ1v) is 11.9. The Balaban J connectivity index is 1.30. The fourth-order valence-corrected chi connectivity index (χ4v) is 4.78. The van der Waals surface area contributed by atoms with Gasteiger partial charge in [0.2, 0.25) is 0 Å². The molecule has 0 spiro atoms. The highest BCUT2D eigenvalue weighted by molar-refractivity contribution is 7.21. The van der Waals surface area contributed by atoms with Gasteiger partial charge in [0, 0.05) is 44.3 Å². The van der Waals surface area contributed by atoms with Crippen molar-refractivity contribution >= 4 is 49.9 Å². The normalized spacial score (nSPS) is 14.5. The molecule has 1 aliphatic heterocycles. The largest absolute Gasteiger partial charge is 0.329 e. The molecule has 0 amide bonds. The zero-order valence-electron chi connectivity index (χ0n) is 18.9. The first-order chi connectivity index (χ1) is 16.0. The van der Waals surface area contributed by atoms with E-state index in [1.807, 2.05) is 25.4 Å². The highest BCUT2D eigenvalue weighted by Gasteiger charge is 2.15. The van der Waals surface area contributed by atoms with Crippen molar-refractivity contribution in [2.45, 2.75) is 26.3 Å². The van der Waals surface area contributed by atoms with Gasteiger partial charge in [0.15, 0.2) is 5.13 Å². The minimum Gasteiger partial charge on any atom is -0.329 e. The number of hydrogen-bond donors (Lipinski definition) is 2. The molecule has 0 radical (unpaired) electrons. The maximum Gasteiger partial charge on any atom is 0.190 e. The minimum atomic E-state index is 0.781. The lowest BCUT2D eigenvalue weighted by Gasteiger charge is -2.27.